The van der Waals surface area contributed by atoms with Crippen molar-refractivity contribution >= 4 is 11.8 Å². The monoisotopic (exact) mass is 223 g/mol. The quantitative estimate of drug-likeness (QED) is 0.796. The minimum absolute atomic E-state index is 0.416. The van der Waals surface area contributed by atoms with Gasteiger partial charge in [0, 0.05) is 12.6 Å². The zero-order valence-corrected chi connectivity index (χ0v) is 10.3. The Hall–Kier alpha value is -1.55. The maximum Gasteiger partial charge on any atom is 0.412 e. The van der Waals surface area contributed by atoms with Gasteiger partial charge in [-0.05, 0) is 19.1 Å². The summed E-state index contributed by atoms with van der Waals surface area (Å²) >= 11 is 0. The van der Waals surface area contributed by atoms with Crippen LogP contribution in [0.5, 0.6) is 5.75 Å². The molecule has 1 rings (SSSR count). The Morgan fingerprint density at radius 2 is 2.06 bits per heavy atom. The van der Waals surface area contributed by atoms with Gasteiger partial charge < -0.3 is 10.1 Å². The van der Waals surface area contributed by atoms with Crippen LogP contribution in [0.2, 0.25) is 0 Å². The fourth-order valence-corrected chi connectivity index (χ4v) is 1.25. The van der Waals surface area contributed by atoms with Crippen LogP contribution in [0.25, 0.3) is 0 Å². The van der Waals surface area contributed by atoms with Gasteiger partial charge in [0.2, 0.25) is 0 Å². The molecule has 16 heavy (non-hydrogen) atoms. The van der Waals surface area contributed by atoms with Crippen molar-refractivity contribution in [3.8, 4) is 5.75 Å². The zero-order chi connectivity index (χ0) is 12.2. The highest BCUT2D eigenvalue weighted by atomic mass is 16.6. The molecule has 0 aliphatic carbocycles. The van der Waals surface area contributed by atoms with Crippen molar-refractivity contribution in [2.24, 2.45) is 0 Å². The van der Waals surface area contributed by atoms with E-state index in [2.05, 4.69) is 26.5 Å². The van der Waals surface area contributed by atoms with Gasteiger partial charge in [-0.3, -0.25) is 4.48 Å². The van der Waals surface area contributed by atoms with E-state index in [1.165, 1.54) is 0 Å². The minimum atomic E-state index is -0.416. The van der Waals surface area contributed by atoms with Crippen molar-refractivity contribution in [2.75, 3.05) is 27.7 Å². The predicted molar refractivity (Wildman–Crippen MR) is 65.7 cm³/mol. The maximum atomic E-state index is 11.2. The highest BCUT2D eigenvalue weighted by Crippen LogP contribution is 2.22. The summed E-state index contributed by atoms with van der Waals surface area (Å²) in [6, 6.07) is 7.53. The van der Waals surface area contributed by atoms with E-state index in [1.54, 1.807) is 6.07 Å². The Morgan fingerprint density at radius 1 is 1.38 bits per heavy atom. The second kappa shape index (κ2) is 4.99. The van der Waals surface area contributed by atoms with Crippen LogP contribution in [0.1, 0.15) is 6.92 Å². The first kappa shape index (κ1) is 12.5. The van der Waals surface area contributed by atoms with E-state index in [0.29, 0.717) is 16.8 Å². The van der Waals surface area contributed by atoms with Crippen LogP contribution in [0.4, 0.5) is 10.5 Å². The highest BCUT2D eigenvalue weighted by Gasteiger charge is 2.13. The molecular formula is C12H19N2O2+. The topological polar surface area (TPSA) is 38.3 Å². The summed E-state index contributed by atoms with van der Waals surface area (Å²) in [5.74, 6) is 0.566. The van der Waals surface area contributed by atoms with Gasteiger partial charge >= 0.3 is 6.09 Å². The Bertz CT molecular complexity index is 370. The van der Waals surface area contributed by atoms with Gasteiger partial charge in [-0.1, -0.05) is 6.07 Å². The molecule has 0 saturated carbocycles. The lowest BCUT2D eigenvalue weighted by atomic mass is 10.2. The van der Waals surface area contributed by atoms with Crippen LogP contribution in [-0.2, 0) is 0 Å². The van der Waals surface area contributed by atoms with E-state index in [-0.39, 0.29) is 0 Å². The molecule has 0 saturated heterocycles. The first-order valence-electron chi connectivity index (χ1n) is 5.31. The maximum absolute atomic E-state index is 11.2. The number of nitrogens with one attached hydrogen (secondary N) is 1. The third-order valence-electron chi connectivity index (χ3n) is 2.12. The summed E-state index contributed by atoms with van der Waals surface area (Å²) < 4.78 is 5.82. The summed E-state index contributed by atoms with van der Waals surface area (Å²) in [4.78, 5) is 11.2. The summed E-state index contributed by atoms with van der Waals surface area (Å²) in [5, 5.41) is 2.59. The largest absolute Gasteiger partial charge is 0.412 e. The highest BCUT2D eigenvalue weighted by molar-refractivity contribution is 5.70. The number of amides is 1. The van der Waals surface area contributed by atoms with Crippen LogP contribution < -0.4 is 14.5 Å². The number of hydrogen-bond donors (Lipinski definition) is 1. The molecule has 1 amide bonds. The third kappa shape index (κ3) is 3.55. The molecule has 0 aliphatic heterocycles. The van der Waals surface area contributed by atoms with E-state index < -0.39 is 6.09 Å². The smallest absolute Gasteiger partial charge is 0.410 e. The van der Waals surface area contributed by atoms with Gasteiger partial charge in [0.25, 0.3) is 0 Å². The number of hydrogen-bond acceptors (Lipinski definition) is 2. The molecule has 1 N–H and O–H groups in total. The first-order chi connectivity index (χ1) is 7.43. The molecular weight excluding hydrogens is 204 g/mol. The molecule has 0 aliphatic rings. The zero-order valence-electron chi connectivity index (χ0n) is 10.3. The Labute approximate surface area is 96.4 Å². The van der Waals surface area contributed by atoms with Crippen molar-refractivity contribution in [3.63, 3.8) is 0 Å². The number of carbonyl (C=O) groups is 1. The lowest BCUT2D eigenvalue weighted by Crippen LogP contribution is -2.34. The number of carbonyl (C=O) groups excluding carboxylic acids is 1. The number of benzene rings is 1. The van der Waals surface area contributed by atoms with Crippen molar-refractivity contribution in [1.29, 1.82) is 0 Å². The third-order valence-corrected chi connectivity index (χ3v) is 2.12. The van der Waals surface area contributed by atoms with Gasteiger partial charge in [0.05, 0.1) is 21.1 Å². The molecule has 0 heterocycles. The number of quaternary nitrogens is 1. The molecule has 0 radical (unpaired) electrons. The Balaban J connectivity index is 2.79. The van der Waals surface area contributed by atoms with Crippen molar-refractivity contribution in [1.82, 2.24) is 9.80 Å². The van der Waals surface area contributed by atoms with Crippen LogP contribution in [-0.4, -0.2) is 33.8 Å². The van der Waals surface area contributed by atoms with Crippen molar-refractivity contribution < 1.29 is 9.53 Å². The number of nitrogens with zero attached hydrogens (tertiary/aromatic N) is 1. The molecule has 0 spiro atoms. The molecule has 0 unspecified atom stereocenters. The molecule has 0 fully saturated rings. The van der Waals surface area contributed by atoms with Gasteiger partial charge in [-0.2, -0.15) is 0 Å². The summed E-state index contributed by atoms with van der Waals surface area (Å²) in [7, 11) is 6.18. The lowest BCUT2D eigenvalue weighted by Gasteiger charge is -2.23. The molecule has 4 nitrogen and oxygen atoms in total. The molecule has 88 valence electrons. The van der Waals surface area contributed by atoms with E-state index in [0.717, 1.165) is 5.69 Å². The first-order valence-corrected chi connectivity index (χ1v) is 5.31. The summed E-state index contributed by atoms with van der Waals surface area (Å²) in [6.07, 6.45) is -0.416. The fraction of sp³-hybridized carbons (Fsp3) is 0.417. The van der Waals surface area contributed by atoms with Crippen LogP contribution in [0.3, 0.4) is 0 Å². The molecule has 4 heteroatoms. The average Bonchev–Trinajstić information content (AvgIpc) is 2.17. The Morgan fingerprint density at radius 3 is 2.62 bits per heavy atom. The van der Waals surface area contributed by atoms with Crippen molar-refractivity contribution in [2.45, 2.75) is 6.92 Å². The van der Waals surface area contributed by atoms with Crippen molar-refractivity contribution in [3.05, 3.63) is 24.3 Å². The van der Waals surface area contributed by atoms with E-state index >= 15 is 0 Å². The van der Waals surface area contributed by atoms with Gasteiger partial charge in [-0.25, -0.2) is 4.79 Å². The molecule has 0 bridgehead atoms. The molecule has 1 aromatic carbocycles. The van der Waals surface area contributed by atoms with Crippen LogP contribution in [0, 0.1) is 0 Å². The van der Waals surface area contributed by atoms with Gasteiger partial charge in [-0.15, -0.1) is 0 Å². The average molecular weight is 223 g/mol. The minimum Gasteiger partial charge on any atom is -0.410 e. The SMILES string of the molecule is CCNC(=O)Oc1cccc([N+](C)(C)C)c1. The van der Waals surface area contributed by atoms with Crippen LogP contribution >= 0.6 is 0 Å². The van der Waals surface area contributed by atoms with E-state index in [1.807, 2.05) is 25.1 Å². The van der Waals surface area contributed by atoms with Gasteiger partial charge in [0.1, 0.15) is 11.4 Å². The molecule has 0 atom stereocenters. The Kier molecular flexibility index (Phi) is 3.90. The number of rotatable bonds is 3. The number of ether oxygens (including phenoxy) is 1. The second-order valence-electron chi connectivity index (χ2n) is 4.43. The van der Waals surface area contributed by atoms with E-state index in [9.17, 15) is 4.79 Å². The van der Waals surface area contributed by atoms with E-state index in [4.69, 9.17) is 4.74 Å². The normalized spacial score (nSPS) is 11.0. The summed E-state index contributed by atoms with van der Waals surface area (Å²) in [6.45, 7) is 2.41. The standard InChI is InChI=1S/C12H18N2O2/c1-5-13-12(15)16-11-8-6-7-10(9-11)14(2,3)4/h6-9H,5H2,1-4H3/p+1. The second-order valence-corrected chi connectivity index (χ2v) is 4.43. The van der Waals surface area contributed by atoms with Gasteiger partial charge in [0.15, 0.2) is 0 Å². The predicted octanol–water partition coefficient (Wildman–Crippen LogP) is 1.99. The summed E-state index contributed by atoms with van der Waals surface area (Å²) in [5.41, 5.74) is 1.08. The molecule has 1 aromatic rings. The van der Waals surface area contributed by atoms with Crippen LogP contribution in [0.15, 0.2) is 24.3 Å². The fourth-order valence-electron chi connectivity index (χ4n) is 1.25. The lowest BCUT2D eigenvalue weighted by molar-refractivity contribution is 0.201. The molecule has 0 aromatic heterocycles.